The number of benzene rings is 1. The van der Waals surface area contributed by atoms with E-state index in [9.17, 15) is 0 Å². The predicted molar refractivity (Wildman–Crippen MR) is 53.3 cm³/mol. The van der Waals surface area contributed by atoms with Crippen molar-refractivity contribution in [3.05, 3.63) is 29.3 Å². The van der Waals surface area contributed by atoms with Crippen LogP contribution < -0.4 is 4.74 Å². The van der Waals surface area contributed by atoms with Gasteiger partial charge in [-0.25, -0.2) is 0 Å². The van der Waals surface area contributed by atoms with E-state index in [-0.39, 0.29) is 0 Å². The van der Waals surface area contributed by atoms with Crippen molar-refractivity contribution in [2.45, 2.75) is 6.42 Å². The molecule has 0 atom stereocenters. The maximum atomic E-state index is 8.73. The Bertz CT molecular complexity index is 342. The van der Waals surface area contributed by atoms with Crippen molar-refractivity contribution in [3.8, 4) is 11.8 Å². The summed E-state index contributed by atoms with van der Waals surface area (Å²) in [4.78, 5) is 0. The highest BCUT2D eigenvalue weighted by Gasteiger charge is 2.03. The van der Waals surface area contributed by atoms with Gasteiger partial charge in [0.25, 0.3) is 0 Å². The Morgan fingerprint density at radius 1 is 1.36 bits per heavy atom. The Hall–Kier alpha value is -1.53. The lowest BCUT2D eigenvalue weighted by atomic mass is 10.1. The summed E-state index contributed by atoms with van der Waals surface area (Å²) in [5, 5.41) is 8.73. The summed E-state index contributed by atoms with van der Waals surface area (Å²) in [6, 6.07) is 7.48. The van der Waals surface area contributed by atoms with Gasteiger partial charge in [-0.2, -0.15) is 5.26 Å². The van der Waals surface area contributed by atoms with Crippen molar-refractivity contribution in [3.63, 3.8) is 0 Å². The first kappa shape index (κ1) is 10.6. The van der Waals surface area contributed by atoms with Crippen LogP contribution in [0, 0.1) is 11.3 Å². The van der Waals surface area contributed by atoms with Gasteiger partial charge < -0.3 is 9.47 Å². The Labute approximate surface area is 83.9 Å². The van der Waals surface area contributed by atoms with Gasteiger partial charge in [0.1, 0.15) is 5.75 Å². The van der Waals surface area contributed by atoms with Crippen LogP contribution >= 0.6 is 0 Å². The molecule has 0 aromatic heterocycles. The lowest BCUT2D eigenvalue weighted by Crippen LogP contribution is -1.98. The molecule has 1 rings (SSSR count). The van der Waals surface area contributed by atoms with Crippen molar-refractivity contribution in [1.82, 2.24) is 0 Å². The van der Waals surface area contributed by atoms with Crippen LogP contribution in [0.1, 0.15) is 11.1 Å². The van der Waals surface area contributed by atoms with E-state index in [1.807, 2.05) is 12.1 Å². The molecular weight excluding hydrogens is 178 g/mol. The van der Waals surface area contributed by atoms with Crippen molar-refractivity contribution >= 4 is 0 Å². The fraction of sp³-hybridized carbons (Fsp3) is 0.364. The number of hydrogen-bond donors (Lipinski definition) is 0. The van der Waals surface area contributed by atoms with E-state index < -0.39 is 0 Å². The second-order valence-electron chi connectivity index (χ2n) is 2.88. The summed E-state index contributed by atoms with van der Waals surface area (Å²) >= 11 is 0. The molecule has 14 heavy (non-hydrogen) atoms. The van der Waals surface area contributed by atoms with Gasteiger partial charge in [0.15, 0.2) is 0 Å². The molecule has 0 saturated heterocycles. The standard InChI is InChI=1S/C11H13NO2/c1-13-6-5-10-7-9(8-12)3-4-11(10)14-2/h3-4,7H,5-6H2,1-2H3. The normalized spacial score (nSPS) is 9.50. The van der Waals surface area contributed by atoms with Crippen LogP contribution in [0.4, 0.5) is 0 Å². The molecule has 1 aromatic carbocycles. The average molecular weight is 191 g/mol. The van der Waals surface area contributed by atoms with Crippen molar-refractivity contribution < 1.29 is 9.47 Å². The number of nitriles is 1. The van der Waals surface area contributed by atoms with Crippen LogP contribution in [-0.4, -0.2) is 20.8 Å². The van der Waals surface area contributed by atoms with Crippen LogP contribution in [0.15, 0.2) is 18.2 Å². The zero-order chi connectivity index (χ0) is 10.4. The second kappa shape index (κ2) is 5.25. The van der Waals surface area contributed by atoms with Gasteiger partial charge in [0.05, 0.1) is 25.3 Å². The van der Waals surface area contributed by atoms with Crippen LogP contribution in [-0.2, 0) is 11.2 Å². The van der Waals surface area contributed by atoms with E-state index in [4.69, 9.17) is 14.7 Å². The fourth-order valence-corrected chi connectivity index (χ4v) is 1.26. The highest BCUT2D eigenvalue weighted by molar-refractivity contribution is 5.42. The van der Waals surface area contributed by atoms with E-state index >= 15 is 0 Å². The minimum atomic E-state index is 0.630. The number of ether oxygens (including phenoxy) is 2. The summed E-state index contributed by atoms with van der Waals surface area (Å²) in [7, 11) is 3.28. The topological polar surface area (TPSA) is 42.2 Å². The molecule has 74 valence electrons. The molecule has 0 aliphatic heterocycles. The maximum absolute atomic E-state index is 8.73. The first-order chi connectivity index (χ1) is 6.81. The SMILES string of the molecule is COCCc1cc(C#N)ccc1OC. The van der Waals surface area contributed by atoms with Crippen molar-refractivity contribution in [2.75, 3.05) is 20.8 Å². The molecule has 0 spiro atoms. The van der Waals surface area contributed by atoms with Gasteiger partial charge in [-0.05, 0) is 30.2 Å². The second-order valence-corrected chi connectivity index (χ2v) is 2.88. The van der Waals surface area contributed by atoms with Gasteiger partial charge in [-0.1, -0.05) is 0 Å². The third-order valence-electron chi connectivity index (χ3n) is 1.99. The zero-order valence-electron chi connectivity index (χ0n) is 8.41. The van der Waals surface area contributed by atoms with E-state index in [0.29, 0.717) is 12.2 Å². The first-order valence-electron chi connectivity index (χ1n) is 4.37. The smallest absolute Gasteiger partial charge is 0.122 e. The van der Waals surface area contributed by atoms with Gasteiger partial charge in [0.2, 0.25) is 0 Å². The van der Waals surface area contributed by atoms with E-state index in [1.54, 1.807) is 20.3 Å². The van der Waals surface area contributed by atoms with E-state index in [0.717, 1.165) is 17.7 Å². The Morgan fingerprint density at radius 3 is 2.71 bits per heavy atom. The quantitative estimate of drug-likeness (QED) is 0.728. The summed E-state index contributed by atoms with van der Waals surface area (Å²) in [5.41, 5.74) is 1.66. The van der Waals surface area contributed by atoms with Gasteiger partial charge >= 0.3 is 0 Å². The highest BCUT2D eigenvalue weighted by atomic mass is 16.5. The molecular formula is C11H13NO2. The summed E-state index contributed by atoms with van der Waals surface area (Å²) < 4.78 is 10.2. The number of nitrogens with zero attached hydrogens (tertiary/aromatic N) is 1. The fourth-order valence-electron chi connectivity index (χ4n) is 1.26. The van der Waals surface area contributed by atoms with Crippen LogP contribution in [0.3, 0.4) is 0 Å². The van der Waals surface area contributed by atoms with E-state index in [2.05, 4.69) is 6.07 Å². The molecule has 0 unspecified atom stereocenters. The van der Waals surface area contributed by atoms with Crippen molar-refractivity contribution in [1.29, 1.82) is 5.26 Å². The summed E-state index contributed by atoms with van der Waals surface area (Å²) in [6.45, 7) is 0.630. The predicted octanol–water partition coefficient (Wildman–Crippen LogP) is 1.76. The first-order valence-corrected chi connectivity index (χ1v) is 4.37. The molecule has 0 fully saturated rings. The zero-order valence-corrected chi connectivity index (χ0v) is 8.41. The Morgan fingerprint density at radius 2 is 2.14 bits per heavy atom. The van der Waals surface area contributed by atoms with Crippen LogP contribution in [0.25, 0.3) is 0 Å². The molecule has 3 nitrogen and oxygen atoms in total. The molecule has 0 amide bonds. The lowest BCUT2D eigenvalue weighted by molar-refractivity contribution is 0.201. The van der Waals surface area contributed by atoms with E-state index in [1.165, 1.54) is 0 Å². The van der Waals surface area contributed by atoms with Gasteiger partial charge in [-0.3, -0.25) is 0 Å². The molecule has 0 aliphatic carbocycles. The van der Waals surface area contributed by atoms with Crippen molar-refractivity contribution in [2.24, 2.45) is 0 Å². The molecule has 0 radical (unpaired) electrons. The van der Waals surface area contributed by atoms with Crippen LogP contribution in [0.2, 0.25) is 0 Å². The number of rotatable bonds is 4. The molecule has 0 N–H and O–H groups in total. The maximum Gasteiger partial charge on any atom is 0.122 e. The monoisotopic (exact) mass is 191 g/mol. The molecule has 0 bridgehead atoms. The average Bonchev–Trinajstić information content (AvgIpc) is 2.25. The molecule has 0 saturated carbocycles. The minimum absolute atomic E-state index is 0.630. The van der Waals surface area contributed by atoms with Gasteiger partial charge in [0, 0.05) is 7.11 Å². The molecule has 0 aliphatic rings. The summed E-state index contributed by atoms with van der Waals surface area (Å²) in [6.07, 6.45) is 0.759. The van der Waals surface area contributed by atoms with Gasteiger partial charge in [-0.15, -0.1) is 0 Å². The third kappa shape index (κ3) is 2.48. The minimum Gasteiger partial charge on any atom is -0.496 e. The van der Waals surface area contributed by atoms with Crippen LogP contribution in [0.5, 0.6) is 5.75 Å². The number of methoxy groups -OCH3 is 2. The third-order valence-corrected chi connectivity index (χ3v) is 1.99. The Balaban J connectivity index is 2.91. The molecule has 0 heterocycles. The molecule has 3 heteroatoms. The lowest BCUT2D eigenvalue weighted by Gasteiger charge is -2.07. The largest absolute Gasteiger partial charge is 0.496 e. The molecule has 1 aromatic rings. The number of hydrogen-bond acceptors (Lipinski definition) is 3. The summed E-state index contributed by atoms with van der Waals surface area (Å²) in [5.74, 6) is 0.807. The highest BCUT2D eigenvalue weighted by Crippen LogP contribution is 2.19. The Kier molecular flexibility index (Phi) is 3.96.